The average molecular weight is 451 g/mol. The van der Waals surface area contributed by atoms with E-state index < -0.39 is 10.0 Å². The van der Waals surface area contributed by atoms with E-state index in [0.717, 1.165) is 18.8 Å². The lowest BCUT2D eigenvalue weighted by Gasteiger charge is -2.34. The zero-order chi connectivity index (χ0) is 21.7. The highest BCUT2D eigenvalue weighted by molar-refractivity contribution is 7.89. The molecule has 0 bridgehead atoms. The summed E-state index contributed by atoms with van der Waals surface area (Å²) in [5, 5.41) is 5.21. The van der Waals surface area contributed by atoms with Gasteiger partial charge in [0.2, 0.25) is 10.0 Å². The molecule has 1 amide bonds. The number of nitrogens with one attached hydrogen (secondary N) is 2. The fourth-order valence-corrected chi connectivity index (χ4v) is 4.98. The largest absolute Gasteiger partial charge is 0.373 e. The van der Waals surface area contributed by atoms with E-state index in [1.807, 2.05) is 5.38 Å². The third kappa shape index (κ3) is 5.96. The summed E-state index contributed by atoms with van der Waals surface area (Å²) in [5.74, 6) is -0.340. The van der Waals surface area contributed by atoms with Crippen LogP contribution in [0, 0.1) is 0 Å². The number of ether oxygens (including phenoxy) is 1. The number of aromatic nitrogens is 1. The van der Waals surface area contributed by atoms with Crippen molar-refractivity contribution in [1.29, 1.82) is 0 Å². The van der Waals surface area contributed by atoms with Crippen LogP contribution >= 0.6 is 11.3 Å². The molecule has 0 radical (unpaired) electrons. The maximum Gasteiger partial charge on any atom is 0.257 e. The fourth-order valence-electron chi connectivity index (χ4n) is 3.29. The first kappa shape index (κ1) is 22.6. The van der Waals surface area contributed by atoms with Crippen molar-refractivity contribution >= 4 is 32.4 Å². The second-order valence-electron chi connectivity index (χ2n) is 7.21. The van der Waals surface area contributed by atoms with Crippen molar-refractivity contribution in [2.45, 2.75) is 37.5 Å². The Labute approximate surface area is 181 Å². The lowest BCUT2D eigenvalue weighted by molar-refractivity contribution is -0.0707. The molecule has 1 aromatic carbocycles. The van der Waals surface area contributed by atoms with Gasteiger partial charge < -0.3 is 4.74 Å². The van der Waals surface area contributed by atoms with E-state index in [1.54, 1.807) is 0 Å². The van der Waals surface area contributed by atoms with E-state index in [4.69, 9.17) is 4.74 Å². The van der Waals surface area contributed by atoms with Gasteiger partial charge >= 0.3 is 0 Å². The molecule has 30 heavy (non-hydrogen) atoms. The SMILES string of the molecule is C=CCNS(=O)(=O)c1ccc(C(=O)Nc2nc(CN3CC(C)OC(C)C3)cs2)cc1. The van der Waals surface area contributed by atoms with Crippen LogP contribution in [0.4, 0.5) is 5.13 Å². The first-order valence-corrected chi connectivity index (χ1v) is 12.0. The molecule has 1 saturated heterocycles. The molecule has 1 aromatic heterocycles. The van der Waals surface area contributed by atoms with Gasteiger partial charge in [0.25, 0.3) is 5.91 Å². The van der Waals surface area contributed by atoms with Crippen molar-refractivity contribution in [1.82, 2.24) is 14.6 Å². The number of thiazole rings is 1. The summed E-state index contributed by atoms with van der Waals surface area (Å²) in [4.78, 5) is 19.4. The monoisotopic (exact) mass is 450 g/mol. The Bertz CT molecular complexity index is 978. The number of morpholine rings is 1. The van der Waals surface area contributed by atoms with Crippen molar-refractivity contribution < 1.29 is 17.9 Å². The predicted octanol–water partition coefficient (Wildman–Crippen LogP) is 2.47. The molecular formula is C20H26N4O4S2. The molecule has 0 spiro atoms. The first-order valence-electron chi connectivity index (χ1n) is 9.61. The second kappa shape index (κ2) is 9.80. The standard InChI is InChI=1S/C20H26N4O4S2/c1-4-9-21-30(26,27)18-7-5-16(6-8-18)19(25)23-20-22-17(13-29-20)12-24-10-14(2)28-15(3)11-24/h4-8,13-15,21H,1,9-12H2,2-3H3,(H,22,23,25). The van der Waals surface area contributed by atoms with E-state index in [9.17, 15) is 13.2 Å². The maximum absolute atomic E-state index is 12.5. The Morgan fingerprint density at radius 3 is 2.60 bits per heavy atom. The van der Waals surface area contributed by atoms with E-state index in [2.05, 4.69) is 40.3 Å². The molecule has 0 aliphatic carbocycles. The van der Waals surface area contributed by atoms with Gasteiger partial charge in [0.15, 0.2) is 5.13 Å². The number of benzene rings is 1. The third-order valence-corrected chi connectivity index (χ3v) is 6.74. The summed E-state index contributed by atoms with van der Waals surface area (Å²) in [6, 6.07) is 5.74. The summed E-state index contributed by atoms with van der Waals surface area (Å²) < 4.78 is 32.3. The number of carbonyl (C=O) groups excluding carboxylic acids is 1. The van der Waals surface area contributed by atoms with Crippen LogP contribution < -0.4 is 10.0 Å². The van der Waals surface area contributed by atoms with Gasteiger partial charge in [0.05, 0.1) is 22.8 Å². The van der Waals surface area contributed by atoms with Crippen LogP contribution in [0.5, 0.6) is 0 Å². The Morgan fingerprint density at radius 2 is 1.97 bits per heavy atom. The van der Waals surface area contributed by atoms with E-state index in [1.165, 1.54) is 41.7 Å². The second-order valence-corrected chi connectivity index (χ2v) is 9.84. The lowest BCUT2D eigenvalue weighted by atomic mass is 10.2. The van der Waals surface area contributed by atoms with Crippen LogP contribution in [0.1, 0.15) is 29.9 Å². The summed E-state index contributed by atoms with van der Waals surface area (Å²) in [7, 11) is -3.62. The van der Waals surface area contributed by atoms with E-state index in [0.29, 0.717) is 17.2 Å². The van der Waals surface area contributed by atoms with Gasteiger partial charge in [-0.15, -0.1) is 17.9 Å². The Morgan fingerprint density at radius 1 is 1.30 bits per heavy atom. The van der Waals surface area contributed by atoms with Gasteiger partial charge in [-0.1, -0.05) is 6.08 Å². The number of amides is 1. The molecular weight excluding hydrogens is 424 g/mol. The van der Waals surface area contributed by atoms with Gasteiger partial charge in [0, 0.05) is 37.1 Å². The molecule has 3 rings (SSSR count). The molecule has 2 unspecified atom stereocenters. The molecule has 10 heteroatoms. The summed E-state index contributed by atoms with van der Waals surface area (Å²) in [6.07, 6.45) is 1.83. The summed E-state index contributed by atoms with van der Waals surface area (Å²) in [6.45, 7) is 10.1. The summed E-state index contributed by atoms with van der Waals surface area (Å²) >= 11 is 1.36. The number of nitrogens with zero attached hydrogens (tertiary/aromatic N) is 2. The molecule has 1 aliphatic heterocycles. The summed E-state index contributed by atoms with van der Waals surface area (Å²) in [5.41, 5.74) is 1.25. The lowest BCUT2D eigenvalue weighted by Crippen LogP contribution is -2.44. The average Bonchev–Trinajstić information content (AvgIpc) is 3.12. The molecule has 2 N–H and O–H groups in total. The van der Waals surface area contributed by atoms with Crippen LogP contribution in [0.2, 0.25) is 0 Å². The highest BCUT2D eigenvalue weighted by atomic mass is 32.2. The molecule has 1 aliphatic rings. The predicted molar refractivity (Wildman–Crippen MR) is 117 cm³/mol. The fraction of sp³-hybridized carbons (Fsp3) is 0.400. The third-order valence-electron chi connectivity index (χ3n) is 4.50. The van der Waals surface area contributed by atoms with Crippen molar-refractivity contribution in [3.05, 3.63) is 53.6 Å². The van der Waals surface area contributed by atoms with Gasteiger partial charge in [-0.3, -0.25) is 15.0 Å². The zero-order valence-corrected chi connectivity index (χ0v) is 18.6. The van der Waals surface area contributed by atoms with Crippen molar-refractivity contribution in [2.75, 3.05) is 25.0 Å². The molecule has 2 atom stereocenters. The minimum Gasteiger partial charge on any atom is -0.373 e. The molecule has 2 heterocycles. The minimum atomic E-state index is -3.62. The molecule has 0 saturated carbocycles. The van der Waals surface area contributed by atoms with Crippen molar-refractivity contribution in [2.24, 2.45) is 0 Å². The van der Waals surface area contributed by atoms with Gasteiger partial charge in [-0.25, -0.2) is 18.1 Å². The number of rotatable bonds is 8. The topological polar surface area (TPSA) is 101 Å². The van der Waals surface area contributed by atoms with Crippen LogP contribution in [0.15, 0.2) is 47.2 Å². The van der Waals surface area contributed by atoms with E-state index >= 15 is 0 Å². The Hall–Kier alpha value is -2.11. The van der Waals surface area contributed by atoms with Crippen LogP contribution in [-0.2, 0) is 21.3 Å². The van der Waals surface area contributed by atoms with E-state index in [-0.39, 0.29) is 29.6 Å². The van der Waals surface area contributed by atoms with Gasteiger partial charge in [-0.05, 0) is 38.1 Å². The number of anilines is 1. The van der Waals surface area contributed by atoms with Crippen LogP contribution in [0.3, 0.4) is 0 Å². The Kier molecular flexibility index (Phi) is 7.37. The number of hydrogen-bond donors (Lipinski definition) is 2. The first-order chi connectivity index (χ1) is 14.3. The molecule has 2 aromatic rings. The highest BCUT2D eigenvalue weighted by Gasteiger charge is 2.23. The van der Waals surface area contributed by atoms with Crippen molar-refractivity contribution in [3.63, 3.8) is 0 Å². The normalized spacial score (nSPS) is 20.1. The maximum atomic E-state index is 12.5. The highest BCUT2D eigenvalue weighted by Crippen LogP contribution is 2.20. The number of sulfonamides is 1. The Balaban J connectivity index is 1.59. The number of hydrogen-bond acceptors (Lipinski definition) is 7. The van der Waals surface area contributed by atoms with Crippen LogP contribution in [0.25, 0.3) is 0 Å². The smallest absolute Gasteiger partial charge is 0.257 e. The number of carbonyl (C=O) groups is 1. The quantitative estimate of drug-likeness (QED) is 0.599. The van der Waals surface area contributed by atoms with Crippen molar-refractivity contribution in [3.8, 4) is 0 Å². The molecule has 8 nitrogen and oxygen atoms in total. The van der Waals surface area contributed by atoms with Gasteiger partial charge in [-0.2, -0.15) is 0 Å². The van der Waals surface area contributed by atoms with Crippen LogP contribution in [-0.4, -0.2) is 56.1 Å². The molecule has 1 fully saturated rings. The van der Waals surface area contributed by atoms with Gasteiger partial charge in [0.1, 0.15) is 0 Å². The molecule has 162 valence electrons. The zero-order valence-electron chi connectivity index (χ0n) is 17.0. The minimum absolute atomic E-state index is 0.0893.